The lowest BCUT2D eigenvalue weighted by molar-refractivity contribution is 0.141. The molecule has 0 radical (unpaired) electrons. The molecule has 19 heavy (non-hydrogen) atoms. The maximum absolute atomic E-state index is 9.71. The molecule has 1 N–H and O–H groups in total. The summed E-state index contributed by atoms with van der Waals surface area (Å²) < 4.78 is 5.29. The Morgan fingerprint density at radius 1 is 1.37 bits per heavy atom. The van der Waals surface area contributed by atoms with Gasteiger partial charge in [0.05, 0.1) is 12.0 Å². The maximum Gasteiger partial charge on any atom is 0.232 e. The van der Waals surface area contributed by atoms with Crippen molar-refractivity contribution >= 4 is 0 Å². The molecule has 2 atom stereocenters. The number of aromatic nitrogens is 3. The lowest BCUT2D eigenvalue weighted by atomic mass is 10.0. The van der Waals surface area contributed by atoms with Crippen LogP contribution in [0.3, 0.4) is 0 Å². The quantitative estimate of drug-likeness (QED) is 0.895. The standard InChI is InChI=1S/C14H19N3O2/c1-4-10-8-15-7-6-12(10)13-16-14(19-17-13)11(5-2)9(3)18/h6-9,11,18H,4-5H2,1-3H3. The molecule has 0 bridgehead atoms. The van der Waals surface area contributed by atoms with Crippen LogP contribution in [0.1, 0.15) is 44.6 Å². The van der Waals surface area contributed by atoms with Gasteiger partial charge in [0.2, 0.25) is 11.7 Å². The van der Waals surface area contributed by atoms with Gasteiger partial charge in [-0.2, -0.15) is 4.98 Å². The average molecular weight is 261 g/mol. The lowest BCUT2D eigenvalue weighted by Gasteiger charge is -2.12. The van der Waals surface area contributed by atoms with E-state index < -0.39 is 6.10 Å². The molecule has 5 nitrogen and oxygen atoms in total. The van der Waals surface area contributed by atoms with Gasteiger partial charge in [0.15, 0.2) is 0 Å². The lowest BCUT2D eigenvalue weighted by Crippen LogP contribution is -2.14. The van der Waals surface area contributed by atoms with Crippen molar-refractivity contribution < 1.29 is 9.63 Å². The van der Waals surface area contributed by atoms with Crippen molar-refractivity contribution in [2.24, 2.45) is 0 Å². The van der Waals surface area contributed by atoms with Crippen molar-refractivity contribution in [1.82, 2.24) is 15.1 Å². The Balaban J connectivity index is 2.35. The molecule has 0 aliphatic carbocycles. The highest BCUT2D eigenvalue weighted by Gasteiger charge is 2.22. The van der Waals surface area contributed by atoms with Crippen LogP contribution in [0, 0.1) is 0 Å². The molecular formula is C14H19N3O2. The number of pyridine rings is 1. The van der Waals surface area contributed by atoms with Crippen molar-refractivity contribution in [3.8, 4) is 11.4 Å². The van der Waals surface area contributed by atoms with Gasteiger partial charge < -0.3 is 9.63 Å². The third kappa shape index (κ3) is 2.81. The summed E-state index contributed by atoms with van der Waals surface area (Å²) in [6.07, 6.45) is 4.66. The van der Waals surface area contributed by atoms with E-state index in [1.54, 1.807) is 13.1 Å². The predicted octanol–water partition coefficient (Wildman–Crippen LogP) is 2.57. The van der Waals surface area contributed by atoms with E-state index in [1.807, 2.05) is 19.2 Å². The maximum atomic E-state index is 9.71. The molecule has 0 spiro atoms. The van der Waals surface area contributed by atoms with E-state index >= 15 is 0 Å². The fraction of sp³-hybridized carbons (Fsp3) is 0.500. The summed E-state index contributed by atoms with van der Waals surface area (Å²) >= 11 is 0. The molecule has 2 unspecified atom stereocenters. The molecule has 5 heteroatoms. The number of nitrogens with zero attached hydrogens (tertiary/aromatic N) is 3. The Hall–Kier alpha value is -1.75. The van der Waals surface area contributed by atoms with Crippen LogP contribution >= 0.6 is 0 Å². The van der Waals surface area contributed by atoms with Gasteiger partial charge in [-0.25, -0.2) is 0 Å². The minimum atomic E-state index is -0.499. The number of rotatable bonds is 5. The molecule has 2 rings (SSSR count). The first kappa shape index (κ1) is 13.7. The molecule has 0 fully saturated rings. The van der Waals surface area contributed by atoms with E-state index in [0.29, 0.717) is 11.7 Å². The van der Waals surface area contributed by atoms with Crippen LogP contribution in [0.5, 0.6) is 0 Å². The van der Waals surface area contributed by atoms with Gasteiger partial charge >= 0.3 is 0 Å². The third-order valence-corrected chi connectivity index (χ3v) is 3.31. The van der Waals surface area contributed by atoms with E-state index in [-0.39, 0.29) is 5.92 Å². The zero-order valence-electron chi connectivity index (χ0n) is 11.5. The monoisotopic (exact) mass is 261 g/mol. The largest absolute Gasteiger partial charge is 0.393 e. The Morgan fingerprint density at radius 2 is 2.16 bits per heavy atom. The number of aliphatic hydroxyl groups excluding tert-OH is 1. The van der Waals surface area contributed by atoms with Crippen molar-refractivity contribution in [2.45, 2.75) is 45.6 Å². The summed E-state index contributed by atoms with van der Waals surface area (Å²) in [6.45, 7) is 5.79. The molecule has 0 saturated carbocycles. The number of hydrogen-bond donors (Lipinski definition) is 1. The molecule has 2 aromatic rings. The minimum Gasteiger partial charge on any atom is -0.393 e. The second-order valence-electron chi connectivity index (χ2n) is 4.60. The fourth-order valence-electron chi connectivity index (χ4n) is 2.14. The highest BCUT2D eigenvalue weighted by Crippen LogP contribution is 2.26. The summed E-state index contributed by atoms with van der Waals surface area (Å²) in [5, 5.41) is 13.7. The molecule has 2 heterocycles. The highest BCUT2D eigenvalue weighted by molar-refractivity contribution is 5.58. The summed E-state index contributed by atoms with van der Waals surface area (Å²) in [7, 11) is 0. The number of aryl methyl sites for hydroxylation is 1. The zero-order valence-corrected chi connectivity index (χ0v) is 11.5. The van der Waals surface area contributed by atoms with Crippen LogP contribution in [-0.4, -0.2) is 26.3 Å². The van der Waals surface area contributed by atoms with Gasteiger partial charge in [0.1, 0.15) is 0 Å². The first-order chi connectivity index (χ1) is 9.17. The van der Waals surface area contributed by atoms with Crippen LogP contribution in [0.25, 0.3) is 11.4 Å². The smallest absolute Gasteiger partial charge is 0.232 e. The molecule has 0 aliphatic heterocycles. The molecule has 0 saturated heterocycles. The third-order valence-electron chi connectivity index (χ3n) is 3.31. The molecule has 0 amide bonds. The first-order valence-electron chi connectivity index (χ1n) is 6.62. The predicted molar refractivity (Wildman–Crippen MR) is 71.6 cm³/mol. The molecule has 102 valence electrons. The van der Waals surface area contributed by atoms with Crippen molar-refractivity contribution in [2.75, 3.05) is 0 Å². The van der Waals surface area contributed by atoms with Crippen molar-refractivity contribution in [3.05, 3.63) is 29.9 Å². The fourth-order valence-corrected chi connectivity index (χ4v) is 2.14. The first-order valence-corrected chi connectivity index (χ1v) is 6.62. The number of hydrogen-bond acceptors (Lipinski definition) is 5. The van der Waals surface area contributed by atoms with E-state index in [1.165, 1.54) is 0 Å². The van der Waals surface area contributed by atoms with Gasteiger partial charge in [-0.1, -0.05) is 19.0 Å². The second kappa shape index (κ2) is 5.93. The second-order valence-corrected chi connectivity index (χ2v) is 4.60. The van der Waals surface area contributed by atoms with Crippen molar-refractivity contribution in [1.29, 1.82) is 0 Å². The van der Waals surface area contributed by atoms with Crippen LogP contribution in [0.2, 0.25) is 0 Å². The summed E-state index contributed by atoms with van der Waals surface area (Å²) in [6, 6.07) is 1.89. The molecule has 0 aromatic carbocycles. The van der Waals surface area contributed by atoms with E-state index in [4.69, 9.17) is 4.52 Å². The molecular weight excluding hydrogens is 242 g/mol. The van der Waals surface area contributed by atoms with E-state index in [9.17, 15) is 5.11 Å². The molecule has 0 aliphatic rings. The Bertz CT molecular complexity index is 537. The summed E-state index contributed by atoms with van der Waals surface area (Å²) in [5.41, 5.74) is 2.02. The Labute approximate surface area is 112 Å². The van der Waals surface area contributed by atoms with Crippen LogP contribution in [0.15, 0.2) is 23.0 Å². The minimum absolute atomic E-state index is 0.117. The highest BCUT2D eigenvalue weighted by atomic mass is 16.5. The summed E-state index contributed by atoms with van der Waals surface area (Å²) in [5.74, 6) is 0.938. The van der Waals surface area contributed by atoms with Crippen LogP contribution < -0.4 is 0 Å². The van der Waals surface area contributed by atoms with Gasteiger partial charge in [0.25, 0.3) is 0 Å². The van der Waals surface area contributed by atoms with E-state index in [2.05, 4.69) is 22.0 Å². The van der Waals surface area contributed by atoms with E-state index in [0.717, 1.165) is 24.0 Å². The summed E-state index contributed by atoms with van der Waals surface area (Å²) in [4.78, 5) is 8.52. The van der Waals surface area contributed by atoms with Gasteiger partial charge in [-0.15, -0.1) is 0 Å². The van der Waals surface area contributed by atoms with Gasteiger partial charge in [0, 0.05) is 18.0 Å². The number of aliphatic hydroxyl groups is 1. The SMILES string of the molecule is CCc1cnccc1-c1noc(C(CC)C(C)O)n1. The van der Waals surface area contributed by atoms with Gasteiger partial charge in [-0.05, 0) is 31.4 Å². The van der Waals surface area contributed by atoms with Crippen LogP contribution in [0.4, 0.5) is 0 Å². The van der Waals surface area contributed by atoms with Gasteiger partial charge in [-0.3, -0.25) is 4.98 Å². The average Bonchev–Trinajstić information content (AvgIpc) is 2.88. The topological polar surface area (TPSA) is 72.0 Å². The normalized spacial score (nSPS) is 14.3. The Kier molecular flexibility index (Phi) is 4.27. The molecule has 2 aromatic heterocycles. The Morgan fingerprint density at radius 3 is 2.79 bits per heavy atom. The van der Waals surface area contributed by atoms with Crippen LogP contribution in [-0.2, 0) is 6.42 Å². The zero-order chi connectivity index (χ0) is 13.8. The van der Waals surface area contributed by atoms with Crippen molar-refractivity contribution in [3.63, 3.8) is 0 Å².